The number of nitrogens with two attached hydrogens (primary N) is 1. The molecule has 1 aliphatic heterocycles. The van der Waals surface area contributed by atoms with Gasteiger partial charge in [-0.1, -0.05) is 13.8 Å². The van der Waals surface area contributed by atoms with E-state index in [0.717, 1.165) is 16.4 Å². The molecule has 0 fully saturated rings. The van der Waals surface area contributed by atoms with Gasteiger partial charge in [0.2, 0.25) is 5.91 Å². The van der Waals surface area contributed by atoms with Gasteiger partial charge in [-0.05, 0) is 24.1 Å². The number of amides is 1. The predicted molar refractivity (Wildman–Crippen MR) is 74.2 cm³/mol. The first-order chi connectivity index (χ1) is 9.11. The maximum absolute atomic E-state index is 11.7. The molecule has 1 unspecified atom stereocenters. The number of hydrogen-bond acceptors (Lipinski definition) is 5. The molecular formula is C13H18N2O3S. The van der Waals surface area contributed by atoms with Crippen molar-refractivity contribution in [3.8, 4) is 11.5 Å². The fourth-order valence-electron chi connectivity index (χ4n) is 1.82. The van der Waals surface area contributed by atoms with Crippen LogP contribution >= 0.6 is 11.8 Å². The molecule has 1 aromatic carbocycles. The second-order valence-electron chi connectivity index (χ2n) is 4.60. The third-order valence-corrected chi connectivity index (χ3v) is 4.32. The average Bonchev–Trinajstić information content (AvgIpc) is 2.43. The van der Waals surface area contributed by atoms with E-state index in [1.165, 1.54) is 11.8 Å². The van der Waals surface area contributed by atoms with E-state index < -0.39 is 0 Å². The van der Waals surface area contributed by atoms with Gasteiger partial charge < -0.3 is 9.47 Å². The molecule has 0 aliphatic carbocycles. The minimum atomic E-state index is -0.229. The topological polar surface area (TPSA) is 73.6 Å². The van der Waals surface area contributed by atoms with Gasteiger partial charge in [0.05, 0.1) is 5.25 Å². The van der Waals surface area contributed by atoms with Crippen molar-refractivity contribution in [1.82, 2.24) is 5.43 Å². The summed E-state index contributed by atoms with van der Waals surface area (Å²) in [6.07, 6.45) is 0. The number of ether oxygens (including phenoxy) is 2. The van der Waals surface area contributed by atoms with Crippen LogP contribution in [0.15, 0.2) is 23.1 Å². The van der Waals surface area contributed by atoms with Crippen LogP contribution in [-0.4, -0.2) is 24.4 Å². The number of carbonyl (C=O) groups is 1. The summed E-state index contributed by atoms with van der Waals surface area (Å²) in [5.41, 5.74) is 2.21. The minimum Gasteiger partial charge on any atom is -0.486 e. The lowest BCUT2D eigenvalue weighted by molar-refractivity contribution is -0.121. The zero-order chi connectivity index (χ0) is 13.8. The highest BCUT2D eigenvalue weighted by Crippen LogP contribution is 2.36. The lowest BCUT2D eigenvalue weighted by Gasteiger charge is -2.21. The monoisotopic (exact) mass is 282 g/mol. The van der Waals surface area contributed by atoms with Crippen molar-refractivity contribution >= 4 is 17.7 Å². The van der Waals surface area contributed by atoms with E-state index in [2.05, 4.69) is 5.43 Å². The molecule has 0 bridgehead atoms. The van der Waals surface area contributed by atoms with Crippen LogP contribution in [0.3, 0.4) is 0 Å². The zero-order valence-corrected chi connectivity index (χ0v) is 11.8. The number of nitrogens with one attached hydrogen (secondary N) is 1. The van der Waals surface area contributed by atoms with Gasteiger partial charge in [-0.2, -0.15) is 0 Å². The number of fused-ring (bicyclic) bond motifs is 1. The molecule has 3 N–H and O–H groups in total. The molecular weight excluding hydrogens is 264 g/mol. The van der Waals surface area contributed by atoms with Crippen LogP contribution in [0.4, 0.5) is 0 Å². The van der Waals surface area contributed by atoms with E-state index >= 15 is 0 Å². The molecule has 2 rings (SSSR count). The number of carbonyl (C=O) groups excluding carboxylic acids is 1. The van der Waals surface area contributed by atoms with Crippen LogP contribution in [0, 0.1) is 5.92 Å². The van der Waals surface area contributed by atoms with Crippen LogP contribution in [0.1, 0.15) is 13.8 Å². The van der Waals surface area contributed by atoms with Crippen molar-refractivity contribution in [3.05, 3.63) is 18.2 Å². The third-order valence-electron chi connectivity index (χ3n) is 2.78. The fourth-order valence-corrected chi connectivity index (χ4v) is 2.88. The van der Waals surface area contributed by atoms with Crippen molar-refractivity contribution in [1.29, 1.82) is 0 Å². The third kappa shape index (κ3) is 3.33. The van der Waals surface area contributed by atoms with Crippen LogP contribution in [-0.2, 0) is 4.79 Å². The fraction of sp³-hybridized carbons (Fsp3) is 0.462. The van der Waals surface area contributed by atoms with E-state index in [1.54, 1.807) is 0 Å². The van der Waals surface area contributed by atoms with Crippen molar-refractivity contribution in [3.63, 3.8) is 0 Å². The lowest BCUT2D eigenvalue weighted by atomic mass is 10.1. The summed E-state index contributed by atoms with van der Waals surface area (Å²) in [5.74, 6) is 6.71. The molecule has 0 saturated carbocycles. The Balaban J connectivity index is 2.15. The Morgan fingerprint density at radius 3 is 2.63 bits per heavy atom. The van der Waals surface area contributed by atoms with E-state index in [-0.39, 0.29) is 17.1 Å². The second kappa shape index (κ2) is 6.16. The van der Waals surface area contributed by atoms with Crippen LogP contribution in [0.25, 0.3) is 0 Å². The van der Waals surface area contributed by atoms with Crippen molar-refractivity contribution in [2.45, 2.75) is 24.0 Å². The molecule has 5 nitrogen and oxygen atoms in total. The van der Waals surface area contributed by atoms with Crippen LogP contribution in [0.2, 0.25) is 0 Å². The number of hydrazine groups is 1. The number of hydrogen-bond donors (Lipinski definition) is 2. The normalized spacial score (nSPS) is 15.2. The molecule has 1 amide bonds. The van der Waals surface area contributed by atoms with E-state index in [0.29, 0.717) is 13.2 Å². The summed E-state index contributed by atoms with van der Waals surface area (Å²) in [6, 6.07) is 5.70. The smallest absolute Gasteiger partial charge is 0.247 e. The van der Waals surface area contributed by atoms with Crippen molar-refractivity contribution in [2.24, 2.45) is 11.8 Å². The number of benzene rings is 1. The Morgan fingerprint density at radius 2 is 2.00 bits per heavy atom. The molecule has 1 aliphatic rings. The standard InChI is InChI=1S/C13H18N2O3S/c1-8(2)12(13(16)15-14)19-9-3-4-10-11(7-9)18-6-5-17-10/h3-4,7-8,12H,5-6,14H2,1-2H3,(H,15,16). The average molecular weight is 282 g/mol. The van der Waals surface area contributed by atoms with Gasteiger partial charge in [0.1, 0.15) is 13.2 Å². The minimum absolute atomic E-state index is 0.171. The lowest BCUT2D eigenvalue weighted by Crippen LogP contribution is -2.39. The summed E-state index contributed by atoms with van der Waals surface area (Å²) < 4.78 is 11.0. The Bertz CT molecular complexity index is 465. The SMILES string of the molecule is CC(C)C(Sc1ccc2c(c1)OCCO2)C(=O)NN. The van der Waals surface area contributed by atoms with Crippen molar-refractivity contribution < 1.29 is 14.3 Å². The Kier molecular flexibility index (Phi) is 4.55. The first kappa shape index (κ1) is 14.0. The Morgan fingerprint density at radius 1 is 1.32 bits per heavy atom. The zero-order valence-electron chi connectivity index (χ0n) is 11.0. The maximum atomic E-state index is 11.7. The van der Waals surface area contributed by atoms with E-state index in [4.69, 9.17) is 15.3 Å². The maximum Gasteiger partial charge on any atom is 0.247 e. The molecule has 1 aromatic rings. The van der Waals surface area contributed by atoms with Gasteiger partial charge in [0.15, 0.2) is 11.5 Å². The molecule has 0 spiro atoms. The summed E-state index contributed by atoms with van der Waals surface area (Å²) in [7, 11) is 0. The predicted octanol–water partition coefficient (Wildman–Crippen LogP) is 1.56. The van der Waals surface area contributed by atoms with Crippen LogP contribution in [0.5, 0.6) is 11.5 Å². The highest BCUT2D eigenvalue weighted by molar-refractivity contribution is 8.00. The summed E-state index contributed by atoms with van der Waals surface area (Å²) >= 11 is 1.47. The molecule has 104 valence electrons. The molecule has 0 aromatic heterocycles. The van der Waals surface area contributed by atoms with Gasteiger partial charge in [-0.25, -0.2) is 5.84 Å². The Hall–Kier alpha value is -1.40. The van der Waals surface area contributed by atoms with E-state index in [1.807, 2.05) is 32.0 Å². The molecule has 6 heteroatoms. The summed E-state index contributed by atoms with van der Waals surface area (Å²) in [5, 5.41) is -0.229. The second-order valence-corrected chi connectivity index (χ2v) is 5.81. The highest BCUT2D eigenvalue weighted by Gasteiger charge is 2.23. The van der Waals surface area contributed by atoms with Gasteiger partial charge in [0, 0.05) is 4.90 Å². The van der Waals surface area contributed by atoms with Gasteiger partial charge in [0.25, 0.3) is 0 Å². The summed E-state index contributed by atoms with van der Waals surface area (Å²) in [6.45, 7) is 5.11. The molecule has 19 heavy (non-hydrogen) atoms. The Labute approximate surface area is 116 Å². The quantitative estimate of drug-likeness (QED) is 0.379. The molecule has 1 heterocycles. The van der Waals surface area contributed by atoms with Gasteiger partial charge in [-0.15, -0.1) is 11.8 Å². The molecule has 0 radical (unpaired) electrons. The first-order valence-electron chi connectivity index (χ1n) is 6.18. The van der Waals surface area contributed by atoms with Gasteiger partial charge >= 0.3 is 0 Å². The first-order valence-corrected chi connectivity index (χ1v) is 7.06. The highest BCUT2D eigenvalue weighted by atomic mass is 32.2. The van der Waals surface area contributed by atoms with E-state index in [9.17, 15) is 4.79 Å². The number of rotatable bonds is 4. The van der Waals surface area contributed by atoms with Crippen molar-refractivity contribution in [2.75, 3.05) is 13.2 Å². The van der Waals surface area contributed by atoms with Crippen LogP contribution < -0.4 is 20.7 Å². The summed E-state index contributed by atoms with van der Waals surface area (Å²) in [4.78, 5) is 12.7. The largest absolute Gasteiger partial charge is 0.486 e. The molecule has 0 saturated heterocycles. The number of thioether (sulfide) groups is 1. The van der Waals surface area contributed by atoms with Gasteiger partial charge in [-0.3, -0.25) is 10.2 Å². The molecule has 1 atom stereocenters.